The van der Waals surface area contributed by atoms with Crippen molar-refractivity contribution in [3.05, 3.63) is 64.1 Å². The Morgan fingerprint density at radius 2 is 1.83 bits per heavy atom. The molecule has 2 aromatic carbocycles. The van der Waals surface area contributed by atoms with Gasteiger partial charge in [0.15, 0.2) is 17.2 Å². The summed E-state index contributed by atoms with van der Waals surface area (Å²) in [4.78, 5) is 27.7. The number of hydrogen-bond donors (Lipinski definition) is 0. The Labute approximate surface area is 167 Å². The SMILES string of the molecule is Cn1nc(C(=O)N2CCC[C@@H]2c2ccc3c(c2)OCCO3)c2ccccc2c1=O. The second-order valence-electron chi connectivity index (χ2n) is 7.38. The molecule has 1 atom stereocenters. The first-order valence-electron chi connectivity index (χ1n) is 9.80. The maximum atomic E-state index is 13.5. The first-order valence-corrected chi connectivity index (χ1v) is 9.80. The summed E-state index contributed by atoms with van der Waals surface area (Å²) >= 11 is 0. The number of aryl methyl sites for hydroxylation is 1. The van der Waals surface area contributed by atoms with Gasteiger partial charge in [-0.15, -0.1) is 0 Å². The van der Waals surface area contributed by atoms with Gasteiger partial charge < -0.3 is 14.4 Å². The summed E-state index contributed by atoms with van der Waals surface area (Å²) in [7, 11) is 1.58. The van der Waals surface area contributed by atoms with Gasteiger partial charge in [-0.1, -0.05) is 24.3 Å². The van der Waals surface area contributed by atoms with Crippen molar-refractivity contribution in [1.82, 2.24) is 14.7 Å². The predicted octanol–water partition coefficient (Wildman–Crippen LogP) is 2.68. The average Bonchev–Trinajstić information content (AvgIpc) is 3.25. The molecule has 0 saturated carbocycles. The summed E-state index contributed by atoms with van der Waals surface area (Å²) in [6, 6.07) is 13.0. The third-order valence-electron chi connectivity index (χ3n) is 5.62. The van der Waals surface area contributed by atoms with Crippen LogP contribution in [0.3, 0.4) is 0 Å². The molecule has 3 heterocycles. The average molecular weight is 391 g/mol. The van der Waals surface area contributed by atoms with E-state index in [1.807, 2.05) is 29.2 Å². The van der Waals surface area contributed by atoms with E-state index in [-0.39, 0.29) is 17.5 Å². The predicted molar refractivity (Wildman–Crippen MR) is 107 cm³/mol. The molecule has 1 aromatic heterocycles. The van der Waals surface area contributed by atoms with Gasteiger partial charge in [0, 0.05) is 19.0 Å². The molecule has 1 amide bonds. The van der Waals surface area contributed by atoms with Gasteiger partial charge in [-0.05, 0) is 36.6 Å². The molecule has 0 N–H and O–H groups in total. The highest BCUT2D eigenvalue weighted by molar-refractivity contribution is 6.05. The van der Waals surface area contributed by atoms with Crippen LogP contribution in [0.5, 0.6) is 11.5 Å². The lowest BCUT2D eigenvalue weighted by molar-refractivity contribution is 0.0729. The minimum atomic E-state index is -0.207. The van der Waals surface area contributed by atoms with Gasteiger partial charge in [0.25, 0.3) is 11.5 Å². The van der Waals surface area contributed by atoms with E-state index in [1.165, 1.54) is 4.68 Å². The van der Waals surface area contributed by atoms with E-state index in [9.17, 15) is 9.59 Å². The number of likely N-dealkylation sites (tertiary alicyclic amines) is 1. The number of ether oxygens (including phenoxy) is 2. The fraction of sp³-hybridized carbons (Fsp3) is 0.318. The summed E-state index contributed by atoms with van der Waals surface area (Å²) in [5.74, 6) is 1.30. The van der Waals surface area contributed by atoms with Crippen LogP contribution in [0.15, 0.2) is 47.3 Å². The molecule has 0 radical (unpaired) electrons. The molecule has 3 aromatic rings. The second kappa shape index (κ2) is 6.92. The molecular weight excluding hydrogens is 370 g/mol. The Balaban J connectivity index is 1.54. The molecule has 2 aliphatic rings. The smallest absolute Gasteiger partial charge is 0.275 e. The number of carbonyl (C=O) groups excluding carboxylic acids is 1. The van der Waals surface area contributed by atoms with E-state index in [1.54, 1.807) is 25.2 Å². The maximum absolute atomic E-state index is 13.5. The van der Waals surface area contributed by atoms with E-state index in [2.05, 4.69) is 5.10 Å². The summed E-state index contributed by atoms with van der Waals surface area (Å²) in [6.07, 6.45) is 1.78. The Hall–Kier alpha value is -3.35. The molecule has 2 aliphatic heterocycles. The molecule has 7 nitrogen and oxygen atoms in total. The van der Waals surface area contributed by atoms with Crippen LogP contribution in [0, 0.1) is 0 Å². The quantitative estimate of drug-likeness (QED) is 0.672. The van der Waals surface area contributed by atoms with Crippen molar-refractivity contribution in [2.45, 2.75) is 18.9 Å². The van der Waals surface area contributed by atoms with E-state index in [4.69, 9.17) is 9.47 Å². The summed E-state index contributed by atoms with van der Waals surface area (Å²) < 4.78 is 12.6. The van der Waals surface area contributed by atoms with Crippen LogP contribution in [0.4, 0.5) is 0 Å². The first-order chi connectivity index (χ1) is 14.1. The number of nitrogens with zero attached hydrogens (tertiary/aromatic N) is 3. The van der Waals surface area contributed by atoms with E-state index < -0.39 is 0 Å². The third-order valence-corrected chi connectivity index (χ3v) is 5.62. The van der Waals surface area contributed by atoms with Crippen molar-refractivity contribution in [2.24, 2.45) is 7.05 Å². The van der Waals surface area contributed by atoms with Crippen molar-refractivity contribution in [2.75, 3.05) is 19.8 Å². The van der Waals surface area contributed by atoms with Crippen molar-refractivity contribution < 1.29 is 14.3 Å². The van der Waals surface area contributed by atoms with Crippen LogP contribution in [0.2, 0.25) is 0 Å². The van der Waals surface area contributed by atoms with Gasteiger partial charge in [0.05, 0.1) is 11.4 Å². The lowest BCUT2D eigenvalue weighted by atomic mass is 10.0. The zero-order valence-corrected chi connectivity index (χ0v) is 16.1. The van der Waals surface area contributed by atoms with Crippen LogP contribution >= 0.6 is 0 Å². The molecule has 0 aliphatic carbocycles. The first kappa shape index (κ1) is 17.7. The van der Waals surface area contributed by atoms with Crippen LogP contribution in [0.1, 0.15) is 34.9 Å². The Bertz CT molecular complexity index is 1170. The highest BCUT2D eigenvalue weighted by Gasteiger charge is 2.33. The van der Waals surface area contributed by atoms with Crippen LogP contribution in [-0.2, 0) is 7.05 Å². The molecule has 1 saturated heterocycles. The van der Waals surface area contributed by atoms with Crippen molar-refractivity contribution in [3.63, 3.8) is 0 Å². The number of benzene rings is 2. The molecule has 29 heavy (non-hydrogen) atoms. The summed E-state index contributed by atoms with van der Waals surface area (Å²) in [5, 5.41) is 5.41. The fourth-order valence-corrected chi connectivity index (χ4v) is 4.22. The molecule has 148 valence electrons. The lowest BCUT2D eigenvalue weighted by Gasteiger charge is -2.27. The highest BCUT2D eigenvalue weighted by atomic mass is 16.6. The number of fused-ring (bicyclic) bond motifs is 2. The molecule has 7 heteroatoms. The van der Waals surface area contributed by atoms with Gasteiger partial charge >= 0.3 is 0 Å². The molecule has 0 bridgehead atoms. The molecular formula is C22H21N3O4. The largest absolute Gasteiger partial charge is 0.486 e. The number of aromatic nitrogens is 2. The molecule has 5 rings (SSSR count). The van der Waals surface area contributed by atoms with E-state index in [0.29, 0.717) is 36.2 Å². The van der Waals surface area contributed by atoms with Gasteiger partial charge in [-0.2, -0.15) is 5.10 Å². The zero-order valence-electron chi connectivity index (χ0n) is 16.1. The van der Waals surface area contributed by atoms with Crippen LogP contribution in [-0.4, -0.2) is 40.3 Å². The van der Waals surface area contributed by atoms with Gasteiger partial charge in [0.2, 0.25) is 0 Å². The lowest BCUT2D eigenvalue weighted by Crippen LogP contribution is -2.33. The maximum Gasteiger partial charge on any atom is 0.275 e. The topological polar surface area (TPSA) is 73.7 Å². The second-order valence-corrected chi connectivity index (χ2v) is 7.38. The van der Waals surface area contributed by atoms with Crippen LogP contribution < -0.4 is 15.0 Å². The molecule has 0 spiro atoms. The van der Waals surface area contributed by atoms with Crippen molar-refractivity contribution in [3.8, 4) is 11.5 Å². The monoisotopic (exact) mass is 391 g/mol. The zero-order chi connectivity index (χ0) is 20.0. The summed E-state index contributed by atoms with van der Waals surface area (Å²) in [5.41, 5.74) is 1.13. The fourth-order valence-electron chi connectivity index (χ4n) is 4.22. The van der Waals surface area contributed by atoms with Gasteiger partial charge in [-0.25, -0.2) is 4.68 Å². The summed E-state index contributed by atoms with van der Waals surface area (Å²) in [6.45, 7) is 1.72. The Kier molecular flexibility index (Phi) is 4.23. The number of hydrogen-bond acceptors (Lipinski definition) is 5. The number of carbonyl (C=O) groups is 1. The van der Waals surface area contributed by atoms with E-state index >= 15 is 0 Å². The standard InChI is InChI=1S/C22H21N3O4/c1-24-21(26)16-6-3-2-5-15(16)20(23-24)22(27)25-10-4-7-17(25)14-8-9-18-19(13-14)29-12-11-28-18/h2-3,5-6,8-9,13,17H,4,7,10-12H2,1H3/t17-/m1/s1. The van der Waals surface area contributed by atoms with Crippen molar-refractivity contribution >= 4 is 16.7 Å². The van der Waals surface area contributed by atoms with E-state index in [0.717, 1.165) is 29.9 Å². The normalized spacial score (nSPS) is 18.2. The van der Waals surface area contributed by atoms with Gasteiger partial charge in [0.1, 0.15) is 13.2 Å². The molecule has 1 fully saturated rings. The minimum Gasteiger partial charge on any atom is -0.486 e. The minimum absolute atomic E-state index is 0.0591. The van der Waals surface area contributed by atoms with Crippen molar-refractivity contribution in [1.29, 1.82) is 0 Å². The third kappa shape index (κ3) is 2.93. The number of rotatable bonds is 2. The van der Waals surface area contributed by atoms with Gasteiger partial charge in [-0.3, -0.25) is 9.59 Å². The molecule has 0 unspecified atom stereocenters. The highest BCUT2D eigenvalue weighted by Crippen LogP contribution is 2.38. The Morgan fingerprint density at radius 3 is 2.66 bits per heavy atom. The van der Waals surface area contributed by atoms with Crippen LogP contribution in [0.25, 0.3) is 10.8 Å². The Morgan fingerprint density at radius 1 is 1.07 bits per heavy atom. The number of amides is 1.